The topological polar surface area (TPSA) is 12.0 Å². The van der Waals surface area contributed by atoms with Crippen molar-refractivity contribution in [2.24, 2.45) is 5.41 Å². The molecule has 0 heterocycles. The average molecular weight is 339 g/mol. The van der Waals surface area contributed by atoms with Gasteiger partial charge in [-0.25, -0.2) is 0 Å². The average Bonchev–Trinajstić information content (AvgIpc) is 2.21. The maximum absolute atomic E-state index is 6.15. The molecule has 4 heteroatoms. The zero-order valence-corrected chi connectivity index (χ0v) is 13.3. The molecular weight excluding hydrogens is 321 g/mol. The van der Waals surface area contributed by atoms with Gasteiger partial charge in [0.25, 0.3) is 0 Å². The first kappa shape index (κ1) is 15.3. The molecule has 0 aliphatic carbocycles. The van der Waals surface area contributed by atoms with Crippen LogP contribution in [-0.4, -0.2) is 12.4 Å². The number of nitrogens with one attached hydrogen (secondary N) is 1. The van der Waals surface area contributed by atoms with E-state index in [2.05, 4.69) is 35.1 Å². The second-order valence-corrected chi connectivity index (χ2v) is 6.64. The Balaban J connectivity index is 2.46. The van der Waals surface area contributed by atoms with Crippen LogP contribution in [0.25, 0.3) is 0 Å². The first-order chi connectivity index (χ1) is 7.94. The third-order valence-electron chi connectivity index (χ3n) is 2.71. The van der Waals surface area contributed by atoms with Crippen LogP contribution in [0.15, 0.2) is 22.7 Å². The molecule has 0 radical (unpaired) electrons. The van der Waals surface area contributed by atoms with E-state index in [4.69, 9.17) is 23.2 Å². The first-order valence-corrected chi connectivity index (χ1v) is 7.36. The van der Waals surface area contributed by atoms with Gasteiger partial charge < -0.3 is 5.32 Å². The third-order valence-corrected chi connectivity index (χ3v) is 3.74. The fraction of sp³-hybridized carbons (Fsp3) is 0.538. The van der Waals surface area contributed by atoms with Crippen LogP contribution in [0.5, 0.6) is 0 Å². The summed E-state index contributed by atoms with van der Waals surface area (Å²) in [5.74, 6) is 0.702. The summed E-state index contributed by atoms with van der Waals surface area (Å²) in [5, 5.41) is 4.22. The molecule has 0 aliphatic rings. The summed E-state index contributed by atoms with van der Waals surface area (Å²) in [6, 6.07) is 5.96. The Morgan fingerprint density at radius 1 is 1.35 bits per heavy atom. The van der Waals surface area contributed by atoms with Gasteiger partial charge in [-0.1, -0.05) is 47.4 Å². The molecule has 0 bridgehead atoms. The van der Waals surface area contributed by atoms with Crippen LogP contribution in [-0.2, 0) is 6.54 Å². The number of benzene rings is 1. The highest BCUT2D eigenvalue weighted by atomic mass is 79.9. The minimum atomic E-state index is 0.226. The number of hydrogen-bond acceptors (Lipinski definition) is 1. The lowest BCUT2D eigenvalue weighted by atomic mass is 9.90. The highest BCUT2D eigenvalue weighted by Gasteiger charge is 2.16. The van der Waals surface area contributed by atoms with Crippen molar-refractivity contribution >= 4 is 39.1 Å². The van der Waals surface area contributed by atoms with Gasteiger partial charge in [0.15, 0.2) is 0 Å². The maximum Gasteiger partial charge on any atom is 0.0462 e. The van der Waals surface area contributed by atoms with Crippen molar-refractivity contribution in [2.75, 3.05) is 12.4 Å². The molecule has 0 fully saturated rings. The fourth-order valence-corrected chi connectivity index (χ4v) is 2.80. The van der Waals surface area contributed by atoms with Gasteiger partial charge in [0.1, 0.15) is 0 Å². The van der Waals surface area contributed by atoms with Crippen molar-refractivity contribution in [3.8, 4) is 0 Å². The first-order valence-electron chi connectivity index (χ1n) is 5.65. The summed E-state index contributed by atoms with van der Waals surface area (Å²) in [7, 11) is 0. The molecule has 96 valence electrons. The van der Waals surface area contributed by atoms with E-state index in [0.717, 1.165) is 34.6 Å². The Hall–Kier alpha value is 0.240. The Morgan fingerprint density at radius 2 is 2.06 bits per heavy atom. The van der Waals surface area contributed by atoms with Gasteiger partial charge in [0.05, 0.1) is 0 Å². The molecule has 0 saturated carbocycles. The standard InChI is InChI=1S/C13H18BrCl2N/c1-13(2,5-6-15)9-17-8-10-3-4-11(14)7-12(10)16/h3-4,7,17H,5-6,8-9H2,1-2H3. The van der Waals surface area contributed by atoms with Crippen LogP contribution in [0.4, 0.5) is 0 Å². The van der Waals surface area contributed by atoms with Crippen LogP contribution in [0, 0.1) is 5.41 Å². The molecule has 0 unspecified atom stereocenters. The molecule has 0 saturated heterocycles. The monoisotopic (exact) mass is 337 g/mol. The Bertz CT molecular complexity index is 366. The minimum Gasteiger partial charge on any atom is -0.312 e. The van der Waals surface area contributed by atoms with Crippen LogP contribution in [0.1, 0.15) is 25.8 Å². The molecule has 1 nitrogen and oxygen atoms in total. The van der Waals surface area contributed by atoms with E-state index in [0.29, 0.717) is 5.88 Å². The molecule has 17 heavy (non-hydrogen) atoms. The lowest BCUT2D eigenvalue weighted by Crippen LogP contribution is -2.29. The van der Waals surface area contributed by atoms with Crippen LogP contribution in [0.2, 0.25) is 5.02 Å². The van der Waals surface area contributed by atoms with Gasteiger partial charge in [0, 0.05) is 28.5 Å². The smallest absolute Gasteiger partial charge is 0.0462 e. The molecule has 0 atom stereocenters. The molecule has 1 aromatic carbocycles. The summed E-state index contributed by atoms with van der Waals surface area (Å²) in [6.07, 6.45) is 1.01. The number of alkyl halides is 1. The zero-order valence-electron chi connectivity index (χ0n) is 10.2. The lowest BCUT2D eigenvalue weighted by molar-refractivity contribution is 0.329. The molecule has 1 aromatic rings. The van der Waals surface area contributed by atoms with E-state index in [1.807, 2.05) is 18.2 Å². The third kappa shape index (κ3) is 5.60. The normalized spacial score (nSPS) is 11.8. The van der Waals surface area contributed by atoms with Gasteiger partial charge in [-0.05, 0) is 29.5 Å². The van der Waals surface area contributed by atoms with Crippen molar-refractivity contribution < 1.29 is 0 Å². The van der Waals surface area contributed by atoms with Crippen molar-refractivity contribution in [1.29, 1.82) is 0 Å². The van der Waals surface area contributed by atoms with E-state index < -0.39 is 0 Å². The Morgan fingerprint density at radius 3 is 2.65 bits per heavy atom. The molecule has 0 spiro atoms. The zero-order chi connectivity index (χ0) is 12.9. The van der Waals surface area contributed by atoms with Crippen molar-refractivity contribution in [1.82, 2.24) is 5.32 Å². The van der Waals surface area contributed by atoms with Gasteiger partial charge in [-0.15, -0.1) is 11.6 Å². The number of rotatable bonds is 6. The van der Waals surface area contributed by atoms with E-state index >= 15 is 0 Å². The molecule has 1 rings (SSSR count). The Labute approximate surface area is 122 Å². The largest absolute Gasteiger partial charge is 0.312 e. The highest BCUT2D eigenvalue weighted by molar-refractivity contribution is 9.10. The summed E-state index contributed by atoms with van der Waals surface area (Å²) in [6.45, 7) is 6.15. The van der Waals surface area contributed by atoms with Crippen molar-refractivity contribution in [2.45, 2.75) is 26.8 Å². The predicted octanol–water partition coefficient (Wildman–Crippen LogP) is 4.85. The summed E-state index contributed by atoms with van der Waals surface area (Å²) in [5.41, 5.74) is 1.35. The highest BCUT2D eigenvalue weighted by Crippen LogP contribution is 2.22. The van der Waals surface area contributed by atoms with Crippen molar-refractivity contribution in [3.63, 3.8) is 0 Å². The molecule has 0 amide bonds. The van der Waals surface area contributed by atoms with Crippen molar-refractivity contribution in [3.05, 3.63) is 33.3 Å². The summed E-state index contributed by atoms with van der Waals surface area (Å²) in [4.78, 5) is 0. The quantitative estimate of drug-likeness (QED) is 0.731. The second kappa shape index (κ2) is 6.98. The molecule has 1 N–H and O–H groups in total. The molecule has 0 aliphatic heterocycles. The van der Waals surface area contributed by atoms with Crippen LogP contribution < -0.4 is 5.32 Å². The van der Waals surface area contributed by atoms with Crippen LogP contribution in [0.3, 0.4) is 0 Å². The van der Waals surface area contributed by atoms with E-state index in [1.54, 1.807) is 0 Å². The SMILES string of the molecule is CC(C)(CCCl)CNCc1ccc(Br)cc1Cl. The minimum absolute atomic E-state index is 0.226. The van der Waals surface area contributed by atoms with Gasteiger partial charge in [-0.3, -0.25) is 0 Å². The Kier molecular flexibility index (Phi) is 6.28. The van der Waals surface area contributed by atoms with E-state index in [1.165, 1.54) is 0 Å². The van der Waals surface area contributed by atoms with Gasteiger partial charge in [-0.2, -0.15) is 0 Å². The number of halogens is 3. The molecular formula is C13H18BrCl2N. The second-order valence-electron chi connectivity index (χ2n) is 4.94. The summed E-state index contributed by atoms with van der Waals surface area (Å²) < 4.78 is 1.01. The van der Waals surface area contributed by atoms with Crippen LogP contribution >= 0.6 is 39.1 Å². The molecule has 0 aromatic heterocycles. The van der Waals surface area contributed by atoms with E-state index in [9.17, 15) is 0 Å². The van der Waals surface area contributed by atoms with Gasteiger partial charge >= 0.3 is 0 Å². The predicted molar refractivity (Wildman–Crippen MR) is 80.0 cm³/mol. The lowest BCUT2D eigenvalue weighted by Gasteiger charge is -2.24. The van der Waals surface area contributed by atoms with E-state index in [-0.39, 0.29) is 5.41 Å². The fourth-order valence-electron chi connectivity index (χ4n) is 1.54. The summed E-state index contributed by atoms with van der Waals surface area (Å²) >= 11 is 15.3. The van der Waals surface area contributed by atoms with Gasteiger partial charge in [0.2, 0.25) is 0 Å². The maximum atomic E-state index is 6.15. The number of hydrogen-bond donors (Lipinski definition) is 1.